The summed E-state index contributed by atoms with van der Waals surface area (Å²) in [5.74, 6) is 0.865. The molecule has 0 unspecified atom stereocenters. The Labute approximate surface area is 487 Å². The molecule has 0 amide bonds. The van der Waals surface area contributed by atoms with Crippen molar-refractivity contribution in [1.82, 2.24) is 0 Å². The van der Waals surface area contributed by atoms with Gasteiger partial charge >= 0.3 is 0 Å². The minimum Gasteiger partial charge on any atom is -0.416 e. The molecule has 0 bridgehead atoms. The van der Waals surface area contributed by atoms with Gasteiger partial charge in [-0.05, 0) is 140 Å². The topological polar surface area (TPSA) is 182 Å². The first-order chi connectivity index (χ1) is 38.0. The van der Waals surface area contributed by atoms with E-state index in [2.05, 4.69) is 114 Å². The van der Waals surface area contributed by atoms with Crippen LogP contribution in [0.1, 0.15) is 179 Å². The van der Waals surface area contributed by atoms with Crippen LogP contribution >= 0.6 is 0 Å². The maximum atomic E-state index is 12.5. The Kier molecular flexibility index (Phi) is 18.7. The highest BCUT2D eigenvalue weighted by Gasteiger charge is 2.65. The molecule has 81 heavy (non-hydrogen) atoms. The summed E-state index contributed by atoms with van der Waals surface area (Å²) in [6.45, 7) is 36.2. The fourth-order valence-electron chi connectivity index (χ4n) is 16.3. The predicted molar refractivity (Wildman–Crippen MR) is 311 cm³/mol. The molecular weight excluding hydrogens is 1050 g/mol. The van der Waals surface area contributed by atoms with Gasteiger partial charge in [-0.3, -0.25) is 0 Å². The summed E-state index contributed by atoms with van der Waals surface area (Å²) in [6, 6.07) is 0. The molecule has 0 aromatic heterocycles. The molecule has 0 radical (unpaired) electrons. The van der Waals surface area contributed by atoms with Crippen LogP contribution in [0.2, 0.25) is 18.1 Å². The van der Waals surface area contributed by atoms with Crippen molar-refractivity contribution in [2.24, 2.45) is 23.7 Å². The van der Waals surface area contributed by atoms with Crippen LogP contribution in [0.5, 0.6) is 0 Å². The normalized spacial score (nSPS) is 49.2. The Morgan fingerprint density at radius 1 is 0.778 bits per heavy atom. The van der Waals surface area contributed by atoms with Gasteiger partial charge in [-0.1, -0.05) is 78.8 Å². The van der Waals surface area contributed by atoms with Crippen molar-refractivity contribution >= 4 is 8.32 Å². The van der Waals surface area contributed by atoms with Crippen LogP contribution in [0.15, 0.2) is 36.0 Å². The highest BCUT2D eigenvalue weighted by Crippen LogP contribution is 2.54. The highest BCUT2D eigenvalue weighted by atomic mass is 28.4. The van der Waals surface area contributed by atoms with E-state index in [4.69, 9.17) is 51.8 Å². The minimum atomic E-state index is -1.86. The maximum absolute atomic E-state index is 12.5. The smallest absolute Gasteiger partial charge is 0.192 e. The first-order valence-electron chi connectivity index (χ1n) is 31.9. The number of aliphatic hydroxyl groups is 4. The van der Waals surface area contributed by atoms with Crippen molar-refractivity contribution in [1.29, 1.82) is 0 Å². The van der Waals surface area contributed by atoms with Crippen molar-refractivity contribution in [2.75, 3.05) is 13.2 Å². The number of hydrogen-bond donors (Lipinski definition) is 4. The van der Waals surface area contributed by atoms with Gasteiger partial charge in [0, 0.05) is 51.2 Å². The summed E-state index contributed by atoms with van der Waals surface area (Å²) >= 11 is 0. The summed E-state index contributed by atoms with van der Waals surface area (Å²) in [5, 5.41) is 45.1. The van der Waals surface area contributed by atoms with Crippen molar-refractivity contribution in [3.8, 4) is 0 Å². The van der Waals surface area contributed by atoms with Gasteiger partial charge in [0.25, 0.3) is 0 Å². The monoisotopic (exact) mass is 1160 g/mol. The van der Waals surface area contributed by atoms with Crippen molar-refractivity contribution in [3.63, 3.8) is 0 Å². The molecule has 0 aliphatic carbocycles. The van der Waals surface area contributed by atoms with Gasteiger partial charge in [0.2, 0.25) is 0 Å². The minimum absolute atomic E-state index is 0.00906. The SMILES string of the molecule is C=C1C[C@@H]2O[C@H]3[C@H](C[C@@]2(C)O[C@H]1C/C(C)=C/[C@@H](C)CO[Si](C)(C)C(C)(C)C)O[C@@H]1C[C@@H]2O[C@@H]4CC[C@@H]5O[C@@H]6C[C@@H]7O[C@H](C[C@H](O)C[C@@H]8C[C@@H](C)[C@@H]([C@@H](C)CCO)O8)[C@@H](O)CC[C@H]7O[C@@]6(C)C[C@@]5(C)O[C@H]4C/C=C\[C@@H](C)[C@H]2O[C@@]1(C)[C@@H]3O. The van der Waals surface area contributed by atoms with E-state index in [1.165, 1.54) is 5.57 Å². The molecule has 15 nitrogen and oxygen atoms in total. The molecule has 0 spiro atoms. The third kappa shape index (κ3) is 12.9. The fourth-order valence-corrected chi connectivity index (χ4v) is 17.4. The molecule has 16 heteroatoms. The van der Waals surface area contributed by atoms with E-state index < -0.39 is 73.4 Å². The predicted octanol–water partition coefficient (Wildman–Crippen LogP) is 9.77. The number of aliphatic hydroxyl groups excluding tert-OH is 4. The van der Waals surface area contributed by atoms with Gasteiger partial charge in [-0.2, -0.15) is 0 Å². The molecule has 0 aromatic carbocycles. The first-order valence-corrected chi connectivity index (χ1v) is 34.9. The second-order valence-electron chi connectivity index (χ2n) is 30.1. The molecule has 10 aliphatic rings. The zero-order valence-electron chi connectivity index (χ0n) is 52.0. The van der Waals surface area contributed by atoms with Crippen LogP contribution in [-0.2, 0) is 51.8 Å². The van der Waals surface area contributed by atoms with E-state index in [9.17, 15) is 20.4 Å². The Hall–Kier alpha value is -1.16. The van der Waals surface area contributed by atoms with Gasteiger partial charge in [0.1, 0.15) is 17.8 Å². The molecule has 9 fully saturated rings. The molecule has 10 heterocycles. The Morgan fingerprint density at radius 2 is 1.49 bits per heavy atom. The van der Waals surface area contributed by atoms with E-state index >= 15 is 0 Å². The summed E-state index contributed by atoms with van der Waals surface area (Å²) < 4.78 is 77.1. The number of fused-ring (bicyclic) bond motifs is 8. The summed E-state index contributed by atoms with van der Waals surface area (Å²) in [6.07, 6.45) is 9.26. The maximum Gasteiger partial charge on any atom is 0.192 e. The Balaban J connectivity index is 0.773. The van der Waals surface area contributed by atoms with Gasteiger partial charge in [-0.25, -0.2) is 0 Å². The van der Waals surface area contributed by atoms with Gasteiger partial charge in [0.05, 0.1) is 121 Å². The molecule has 0 aromatic rings. The summed E-state index contributed by atoms with van der Waals surface area (Å²) in [5.41, 5.74) is -0.726. The quantitative estimate of drug-likeness (QED) is 0.101. The second kappa shape index (κ2) is 24.1. The Morgan fingerprint density at radius 3 is 2.23 bits per heavy atom. The van der Waals surface area contributed by atoms with Crippen LogP contribution in [0, 0.1) is 23.7 Å². The lowest BCUT2D eigenvalue weighted by Crippen LogP contribution is -2.74. The van der Waals surface area contributed by atoms with Crippen LogP contribution in [0.3, 0.4) is 0 Å². The van der Waals surface area contributed by atoms with Crippen LogP contribution in [0.4, 0.5) is 0 Å². The lowest BCUT2D eigenvalue weighted by atomic mass is 9.72. The highest BCUT2D eigenvalue weighted by molar-refractivity contribution is 6.74. The standard InChI is InChI=1S/C65H108O15Si/c1-36(25-37(2)34-70-81(14,15)61(7,8)9)26-48-40(5)28-54-62(10,79-48)33-52-59(76-54)60(69)65(13)56(74-52)32-51-58(80-65)38(3)17-16-18-46-45(72-51)21-22-53-63(11,77-46)35-64(12)55(75-53)31-50-47(78-64)20-19-44(68)49(73-50)30-42(67)29-43-27-41(6)57(71-43)39(4)23-24-66/h16-17,25,37-39,41-60,66-69H,5,18-24,26-35H2,1-4,6-15H3/b17-16-,36-25+/t37-,38-,39+,41-,42-,43+,44+,45-,46+,47-,48+,49-,50+,51+,52+,53+,54+,55-,56-,57-,58-,59+,60-,62-,63-,64+,65-/m1/s1. The fraction of sp³-hybridized carbons (Fsp3) is 0.908. The zero-order valence-corrected chi connectivity index (χ0v) is 53.0. The average molecular weight is 1160 g/mol. The van der Waals surface area contributed by atoms with E-state index in [0.717, 1.165) is 31.3 Å². The van der Waals surface area contributed by atoms with Crippen molar-refractivity contribution < 1.29 is 72.2 Å². The first kappa shape index (κ1) is 62.9. The summed E-state index contributed by atoms with van der Waals surface area (Å²) in [4.78, 5) is 0. The molecule has 9 saturated heterocycles. The van der Waals surface area contributed by atoms with E-state index in [1.54, 1.807) is 0 Å². The average Bonchev–Trinajstić information content (AvgIpc) is 3.85. The molecular formula is C65H108O15Si. The van der Waals surface area contributed by atoms with Gasteiger partial charge in [0.15, 0.2) is 8.32 Å². The van der Waals surface area contributed by atoms with Crippen LogP contribution < -0.4 is 0 Å². The number of hydrogen-bond acceptors (Lipinski definition) is 15. The van der Waals surface area contributed by atoms with Crippen LogP contribution in [0.25, 0.3) is 0 Å². The lowest BCUT2D eigenvalue weighted by Gasteiger charge is -2.61. The van der Waals surface area contributed by atoms with E-state index in [0.29, 0.717) is 83.2 Å². The Bertz CT molecular complexity index is 2240. The molecule has 462 valence electrons. The molecule has 10 aliphatic heterocycles. The van der Waals surface area contributed by atoms with E-state index in [-0.39, 0.29) is 103 Å². The van der Waals surface area contributed by atoms with Gasteiger partial charge in [-0.15, -0.1) is 0 Å². The largest absolute Gasteiger partial charge is 0.416 e. The summed E-state index contributed by atoms with van der Waals surface area (Å²) in [7, 11) is -1.86. The lowest BCUT2D eigenvalue weighted by molar-refractivity contribution is -0.369. The van der Waals surface area contributed by atoms with Gasteiger partial charge < -0.3 is 72.2 Å². The number of rotatable bonds is 13. The zero-order chi connectivity index (χ0) is 58.4. The van der Waals surface area contributed by atoms with Crippen molar-refractivity contribution in [2.45, 2.75) is 336 Å². The third-order valence-corrected chi connectivity index (χ3v) is 26.6. The molecule has 27 atom stereocenters. The second-order valence-corrected chi connectivity index (χ2v) is 34.9. The van der Waals surface area contributed by atoms with Crippen molar-refractivity contribution in [3.05, 3.63) is 36.0 Å². The molecule has 10 rings (SSSR count). The number of ether oxygens (including phenoxy) is 10. The molecule has 0 saturated carbocycles. The molecule has 4 N–H and O–H groups in total. The van der Waals surface area contributed by atoms with Crippen LogP contribution in [-0.4, -0.2) is 180 Å². The third-order valence-electron chi connectivity index (χ3n) is 22.1. The van der Waals surface area contributed by atoms with E-state index in [1.807, 2.05) is 6.92 Å².